The molecular weight excluding hydrogens is 238 g/mol. The van der Waals surface area contributed by atoms with E-state index in [1.54, 1.807) is 0 Å². The van der Waals surface area contributed by atoms with Gasteiger partial charge in [-0.15, -0.1) is 0 Å². The van der Waals surface area contributed by atoms with Gasteiger partial charge in [0.15, 0.2) is 0 Å². The third kappa shape index (κ3) is 3.28. The third-order valence-electron chi connectivity index (χ3n) is 4.28. The van der Waals surface area contributed by atoms with E-state index < -0.39 is 5.60 Å². The Morgan fingerprint density at radius 3 is 2.63 bits per heavy atom. The first-order chi connectivity index (χ1) is 9.15. The second-order valence-corrected chi connectivity index (χ2v) is 6.13. The van der Waals surface area contributed by atoms with E-state index in [1.807, 2.05) is 18.2 Å². The van der Waals surface area contributed by atoms with Crippen molar-refractivity contribution in [2.45, 2.75) is 43.8 Å². The van der Waals surface area contributed by atoms with Gasteiger partial charge in [-0.25, -0.2) is 0 Å². The summed E-state index contributed by atoms with van der Waals surface area (Å²) in [5.74, 6) is 0.970. The Labute approximate surface area is 115 Å². The van der Waals surface area contributed by atoms with E-state index in [0.717, 1.165) is 56.5 Å². The molecule has 3 heteroatoms. The lowest BCUT2D eigenvalue weighted by molar-refractivity contribution is 0.110. The fraction of sp³-hybridized carbons (Fsp3) is 0.625. The van der Waals surface area contributed by atoms with Crippen LogP contribution in [-0.4, -0.2) is 41.8 Å². The molecule has 1 saturated heterocycles. The van der Waals surface area contributed by atoms with Crippen molar-refractivity contribution in [2.75, 3.05) is 20.1 Å². The van der Waals surface area contributed by atoms with Crippen LogP contribution in [-0.2, 0) is 6.42 Å². The minimum atomic E-state index is -0.452. The van der Waals surface area contributed by atoms with Crippen molar-refractivity contribution in [1.82, 2.24) is 4.90 Å². The molecule has 0 bridgehead atoms. The molecule has 1 aromatic rings. The normalized spacial score (nSPS) is 23.3. The first-order valence-corrected chi connectivity index (χ1v) is 7.30. The Balaban J connectivity index is 1.66. The van der Waals surface area contributed by atoms with Crippen LogP contribution < -0.4 is 4.74 Å². The minimum absolute atomic E-state index is 0.325. The maximum absolute atomic E-state index is 10.1. The molecule has 2 aliphatic rings. The van der Waals surface area contributed by atoms with Crippen molar-refractivity contribution in [2.24, 2.45) is 0 Å². The summed E-state index contributed by atoms with van der Waals surface area (Å²) in [6, 6.07) is 8.17. The summed E-state index contributed by atoms with van der Waals surface area (Å²) >= 11 is 0. The molecule has 104 valence electrons. The Morgan fingerprint density at radius 1 is 1.26 bits per heavy atom. The molecule has 0 unspecified atom stereocenters. The number of hydrogen-bond acceptors (Lipinski definition) is 3. The van der Waals surface area contributed by atoms with E-state index in [4.69, 9.17) is 4.74 Å². The lowest BCUT2D eigenvalue weighted by Crippen LogP contribution is -2.35. The Kier molecular flexibility index (Phi) is 3.50. The van der Waals surface area contributed by atoms with E-state index in [0.29, 0.717) is 6.10 Å². The van der Waals surface area contributed by atoms with Gasteiger partial charge in [0.1, 0.15) is 11.9 Å². The van der Waals surface area contributed by atoms with Crippen molar-refractivity contribution in [3.05, 3.63) is 29.8 Å². The minimum Gasteiger partial charge on any atom is -0.490 e. The highest BCUT2D eigenvalue weighted by molar-refractivity contribution is 5.35. The summed E-state index contributed by atoms with van der Waals surface area (Å²) < 4.78 is 6.17. The van der Waals surface area contributed by atoms with Crippen LogP contribution in [0.3, 0.4) is 0 Å². The zero-order valence-electron chi connectivity index (χ0n) is 11.6. The van der Waals surface area contributed by atoms with Crippen LogP contribution in [0, 0.1) is 0 Å². The summed E-state index contributed by atoms with van der Waals surface area (Å²) in [5.41, 5.74) is 0.702. The molecule has 1 aromatic carbocycles. The molecule has 1 heterocycles. The molecule has 19 heavy (non-hydrogen) atoms. The second kappa shape index (κ2) is 5.14. The molecule has 0 amide bonds. The molecule has 2 fully saturated rings. The zero-order valence-corrected chi connectivity index (χ0v) is 11.6. The Bertz CT molecular complexity index is 434. The number of nitrogens with zero attached hydrogens (tertiary/aromatic N) is 1. The van der Waals surface area contributed by atoms with E-state index in [1.165, 1.54) is 0 Å². The average molecular weight is 261 g/mol. The number of rotatable bonds is 4. The predicted molar refractivity (Wildman–Crippen MR) is 75.5 cm³/mol. The largest absolute Gasteiger partial charge is 0.490 e. The standard InChI is InChI=1S/C16H23NO2/c1-17-10-6-14(7-11-17)19-15-5-3-2-4-13(15)12-16(18)8-9-16/h2-5,14,18H,6-12H2,1H3. The maximum Gasteiger partial charge on any atom is 0.123 e. The van der Waals surface area contributed by atoms with Crippen molar-refractivity contribution < 1.29 is 9.84 Å². The van der Waals surface area contributed by atoms with Crippen molar-refractivity contribution in [1.29, 1.82) is 0 Å². The molecule has 3 rings (SSSR count). The maximum atomic E-state index is 10.1. The Hall–Kier alpha value is -1.06. The van der Waals surface area contributed by atoms with Crippen LogP contribution in [0.25, 0.3) is 0 Å². The highest BCUT2D eigenvalue weighted by Gasteiger charge is 2.40. The van der Waals surface area contributed by atoms with Crippen molar-refractivity contribution in [3.63, 3.8) is 0 Å². The molecule has 0 atom stereocenters. The van der Waals surface area contributed by atoms with E-state index in [2.05, 4.69) is 18.0 Å². The van der Waals surface area contributed by atoms with Crippen LogP contribution in [0.5, 0.6) is 5.75 Å². The van der Waals surface area contributed by atoms with Crippen LogP contribution >= 0.6 is 0 Å². The summed E-state index contributed by atoms with van der Waals surface area (Å²) in [6.45, 7) is 2.22. The first-order valence-electron chi connectivity index (χ1n) is 7.30. The Morgan fingerprint density at radius 2 is 1.95 bits per heavy atom. The van der Waals surface area contributed by atoms with E-state index in [-0.39, 0.29) is 0 Å². The molecule has 0 spiro atoms. The first kappa shape index (κ1) is 12.9. The fourth-order valence-corrected chi connectivity index (χ4v) is 2.72. The lowest BCUT2D eigenvalue weighted by atomic mass is 10.0. The number of piperidine rings is 1. The van der Waals surface area contributed by atoms with Gasteiger partial charge in [-0.2, -0.15) is 0 Å². The smallest absolute Gasteiger partial charge is 0.123 e. The number of benzene rings is 1. The van der Waals surface area contributed by atoms with Crippen LogP contribution in [0.15, 0.2) is 24.3 Å². The zero-order chi connectivity index (χ0) is 13.3. The molecule has 0 radical (unpaired) electrons. The average Bonchev–Trinajstić information content (AvgIpc) is 3.12. The molecule has 3 nitrogen and oxygen atoms in total. The van der Waals surface area contributed by atoms with Gasteiger partial charge in [-0.05, 0) is 44.4 Å². The van der Waals surface area contributed by atoms with Crippen LogP contribution in [0.2, 0.25) is 0 Å². The van der Waals surface area contributed by atoms with E-state index >= 15 is 0 Å². The molecular formula is C16H23NO2. The quantitative estimate of drug-likeness (QED) is 0.902. The fourth-order valence-electron chi connectivity index (χ4n) is 2.72. The van der Waals surface area contributed by atoms with E-state index in [9.17, 15) is 5.11 Å². The summed E-state index contributed by atoms with van der Waals surface area (Å²) in [6.07, 6.45) is 5.09. The predicted octanol–water partition coefficient (Wildman–Crippen LogP) is 2.23. The molecule has 0 aromatic heterocycles. The third-order valence-corrected chi connectivity index (χ3v) is 4.28. The van der Waals surface area contributed by atoms with Gasteiger partial charge in [0.25, 0.3) is 0 Å². The number of para-hydroxylation sites is 1. The van der Waals surface area contributed by atoms with Gasteiger partial charge >= 0.3 is 0 Å². The van der Waals surface area contributed by atoms with Gasteiger partial charge in [0.05, 0.1) is 5.60 Å². The van der Waals surface area contributed by atoms with Crippen LogP contribution in [0.4, 0.5) is 0 Å². The summed E-state index contributed by atoms with van der Waals surface area (Å²) in [5, 5.41) is 10.1. The van der Waals surface area contributed by atoms with Crippen LogP contribution in [0.1, 0.15) is 31.2 Å². The topological polar surface area (TPSA) is 32.7 Å². The van der Waals surface area contributed by atoms with Crippen molar-refractivity contribution in [3.8, 4) is 5.75 Å². The highest BCUT2D eigenvalue weighted by atomic mass is 16.5. The van der Waals surface area contributed by atoms with Gasteiger partial charge in [0, 0.05) is 19.5 Å². The molecule has 1 saturated carbocycles. The monoisotopic (exact) mass is 261 g/mol. The van der Waals surface area contributed by atoms with Gasteiger partial charge in [0.2, 0.25) is 0 Å². The summed E-state index contributed by atoms with van der Waals surface area (Å²) in [7, 11) is 2.16. The number of aliphatic hydroxyl groups is 1. The van der Waals surface area contributed by atoms with Gasteiger partial charge in [-0.1, -0.05) is 18.2 Å². The summed E-state index contributed by atoms with van der Waals surface area (Å²) in [4.78, 5) is 2.35. The highest BCUT2D eigenvalue weighted by Crippen LogP contribution is 2.40. The second-order valence-electron chi connectivity index (χ2n) is 6.13. The number of ether oxygens (including phenoxy) is 1. The molecule has 1 aliphatic carbocycles. The van der Waals surface area contributed by atoms with Gasteiger partial charge in [-0.3, -0.25) is 0 Å². The molecule has 1 N–H and O–H groups in total. The number of hydrogen-bond donors (Lipinski definition) is 1. The van der Waals surface area contributed by atoms with Gasteiger partial charge < -0.3 is 14.7 Å². The lowest BCUT2D eigenvalue weighted by Gasteiger charge is -2.30. The SMILES string of the molecule is CN1CCC(Oc2ccccc2CC2(O)CC2)CC1. The molecule has 1 aliphatic heterocycles. The number of likely N-dealkylation sites (tertiary alicyclic amines) is 1. The van der Waals surface area contributed by atoms with Crippen molar-refractivity contribution >= 4 is 0 Å².